The number of fused-ring (bicyclic) bond motifs is 1. The maximum atomic E-state index is 12.8. The molecule has 0 saturated carbocycles. The van der Waals surface area contributed by atoms with Crippen molar-refractivity contribution >= 4 is 39.8 Å². The number of carbonyl (C=O) groups is 2. The Bertz CT molecular complexity index is 849. The van der Waals surface area contributed by atoms with Gasteiger partial charge in [-0.1, -0.05) is 24.6 Å². The third-order valence-corrected chi connectivity index (χ3v) is 5.98. The van der Waals surface area contributed by atoms with Gasteiger partial charge in [0.05, 0.1) is 12.7 Å². The highest BCUT2D eigenvalue weighted by molar-refractivity contribution is 7.17. The summed E-state index contributed by atoms with van der Waals surface area (Å²) in [6.07, 6.45) is 3.69. The van der Waals surface area contributed by atoms with Crippen molar-refractivity contribution in [1.82, 2.24) is 0 Å². The van der Waals surface area contributed by atoms with E-state index in [2.05, 4.69) is 5.32 Å². The number of aryl methyl sites for hydroxylation is 1. The van der Waals surface area contributed by atoms with E-state index in [-0.39, 0.29) is 5.91 Å². The molecule has 3 rings (SSSR count). The van der Waals surface area contributed by atoms with E-state index in [0.29, 0.717) is 27.8 Å². The molecule has 1 amide bonds. The van der Waals surface area contributed by atoms with Crippen molar-refractivity contribution < 1.29 is 19.1 Å². The maximum Gasteiger partial charge on any atom is 0.341 e. The zero-order valence-corrected chi connectivity index (χ0v) is 16.9. The number of rotatable bonds is 6. The first kappa shape index (κ1) is 19.7. The van der Waals surface area contributed by atoms with Crippen LogP contribution in [-0.4, -0.2) is 25.1 Å². The lowest BCUT2D eigenvalue weighted by Crippen LogP contribution is -2.32. The number of amides is 1. The topological polar surface area (TPSA) is 64.6 Å². The zero-order valence-electron chi connectivity index (χ0n) is 15.3. The number of benzene rings is 1. The van der Waals surface area contributed by atoms with Gasteiger partial charge in [0.2, 0.25) is 0 Å². The van der Waals surface area contributed by atoms with Crippen LogP contribution >= 0.6 is 22.9 Å². The molecule has 2 aromatic rings. The van der Waals surface area contributed by atoms with Crippen molar-refractivity contribution in [2.24, 2.45) is 0 Å². The van der Waals surface area contributed by atoms with E-state index in [1.54, 1.807) is 24.3 Å². The first-order valence-electron chi connectivity index (χ1n) is 8.99. The van der Waals surface area contributed by atoms with Crippen molar-refractivity contribution in [3.63, 3.8) is 0 Å². The molecule has 144 valence electrons. The van der Waals surface area contributed by atoms with E-state index in [1.807, 2.05) is 6.92 Å². The second-order valence-corrected chi connectivity index (χ2v) is 7.91. The average molecular weight is 408 g/mol. The van der Waals surface area contributed by atoms with E-state index in [1.165, 1.54) is 18.4 Å². The smallest absolute Gasteiger partial charge is 0.341 e. The molecule has 0 bridgehead atoms. The Morgan fingerprint density at radius 2 is 2.07 bits per heavy atom. The second-order valence-electron chi connectivity index (χ2n) is 6.37. The Labute approximate surface area is 167 Å². The van der Waals surface area contributed by atoms with Crippen molar-refractivity contribution in [2.45, 2.75) is 45.1 Å². The first-order chi connectivity index (χ1) is 13.0. The molecule has 5 nitrogen and oxygen atoms in total. The van der Waals surface area contributed by atoms with E-state index >= 15 is 0 Å². The lowest BCUT2D eigenvalue weighted by atomic mass is 9.95. The second kappa shape index (κ2) is 8.76. The van der Waals surface area contributed by atoms with Crippen LogP contribution < -0.4 is 10.1 Å². The monoisotopic (exact) mass is 407 g/mol. The molecule has 1 aromatic heterocycles. The molecule has 1 N–H and O–H groups in total. The van der Waals surface area contributed by atoms with Crippen LogP contribution in [0.15, 0.2) is 24.3 Å². The number of anilines is 1. The molecule has 1 aromatic carbocycles. The summed E-state index contributed by atoms with van der Waals surface area (Å²) in [4.78, 5) is 26.3. The lowest BCUT2D eigenvalue weighted by molar-refractivity contribution is -0.122. The number of nitrogens with one attached hydrogen (secondary N) is 1. The molecule has 27 heavy (non-hydrogen) atoms. The Morgan fingerprint density at radius 3 is 2.78 bits per heavy atom. The summed E-state index contributed by atoms with van der Waals surface area (Å²) < 4.78 is 10.7. The lowest BCUT2D eigenvalue weighted by Gasteiger charge is -2.17. The summed E-state index contributed by atoms with van der Waals surface area (Å²) in [6, 6.07) is 6.94. The van der Waals surface area contributed by atoms with Gasteiger partial charge in [-0.05, 0) is 55.9 Å². The third kappa shape index (κ3) is 4.45. The Kier molecular flexibility index (Phi) is 6.39. The summed E-state index contributed by atoms with van der Waals surface area (Å²) in [7, 11) is 1.36. The van der Waals surface area contributed by atoms with Crippen molar-refractivity contribution in [1.29, 1.82) is 0 Å². The van der Waals surface area contributed by atoms with Gasteiger partial charge in [0.25, 0.3) is 5.91 Å². The van der Waals surface area contributed by atoms with Gasteiger partial charge in [0, 0.05) is 9.90 Å². The Balaban J connectivity index is 1.81. The third-order valence-electron chi connectivity index (χ3n) is 4.54. The van der Waals surface area contributed by atoms with Crippen LogP contribution in [0.3, 0.4) is 0 Å². The number of hydrogen-bond acceptors (Lipinski definition) is 5. The minimum absolute atomic E-state index is 0.291. The van der Waals surface area contributed by atoms with Crippen LogP contribution in [0, 0.1) is 0 Å². The van der Waals surface area contributed by atoms with Gasteiger partial charge in [-0.3, -0.25) is 4.79 Å². The van der Waals surface area contributed by atoms with Crippen LogP contribution in [0.5, 0.6) is 5.75 Å². The van der Waals surface area contributed by atoms with Crippen molar-refractivity contribution in [2.75, 3.05) is 12.4 Å². The number of methoxy groups -OCH3 is 1. The molecule has 0 radical (unpaired) electrons. The van der Waals surface area contributed by atoms with Gasteiger partial charge < -0.3 is 14.8 Å². The van der Waals surface area contributed by atoms with Gasteiger partial charge >= 0.3 is 5.97 Å². The van der Waals surface area contributed by atoms with Gasteiger partial charge in [0.15, 0.2) is 6.10 Å². The predicted octanol–water partition coefficient (Wildman–Crippen LogP) is 4.86. The van der Waals surface area contributed by atoms with E-state index in [4.69, 9.17) is 21.1 Å². The van der Waals surface area contributed by atoms with Crippen molar-refractivity contribution in [3.05, 3.63) is 45.3 Å². The number of halogens is 1. The number of carbonyl (C=O) groups excluding carboxylic acids is 2. The quantitative estimate of drug-likeness (QED) is 0.694. The molecule has 0 spiro atoms. The maximum absolute atomic E-state index is 12.8. The largest absolute Gasteiger partial charge is 0.481 e. The normalized spacial score (nSPS) is 14.2. The summed E-state index contributed by atoms with van der Waals surface area (Å²) >= 11 is 7.44. The molecule has 0 saturated heterocycles. The van der Waals surface area contributed by atoms with Crippen LogP contribution in [0.1, 0.15) is 47.0 Å². The SMILES string of the molecule is CC[C@@H](Oc1cccc(Cl)c1)C(=O)Nc1sc2c(c1C(=O)OC)CCCC2. The fraction of sp³-hybridized carbons (Fsp3) is 0.400. The predicted molar refractivity (Wildman–Crippen MR) is 107 cm³/mol. The fourth-order valence-corrected chi connectivity index (χ4v) is 4.65. The van der Waals surface area contributed by atoms with Crippen molar-refractivity contribution in [3.8, 4) is 5.75 Å². The molecule has 0 aliphatic heterocycles. The van der Waals surface area contributed by atoms with E-state index < -0.39 is 12.1 Å². The summed E-state index contributed by atoms with van der Waals surface area (Å²) in [5.41, 5.74) is 1.50. The van der Waals surface area contributed by atoms with Gasteiger partial charge in [0.1, 0.15) is 10.8 Å². The highest BCUT2D eigenvalue weighted by Gasteiger charge is 2.28. The number of esters is 1. The van der Waals surface area contributed by atoms with Crippen LogP contribution in [0.25, 0.3) is 0 Å². The molecular weight excluding hydrogens is 386 g/mol. The molecule has 7 heteroatoms. The molecular formula is C20H22ClNO4S. The highest BCUT2D eigenvalue weighted by atomic mass is 35.5. The first-order valence-corrected chi connectivity index (χ1v) is 10.2. The molecule has 1 aliphatic carbocycles. The summed E-state index contributed by atoms with van der Waals surface area (Å²) in [6.45, 7) is 1.87. The van der Waals surface area contributed by atoms with Gasteiger partial charge in [-0.25, -0.2) is 4.79 Å². The molecule has 1 heterocycles. The minimum atomic E-state index is -0.687. The number of thiophene rings is 1. The molecule has 1 atom stereocenters. The van der Waals surface area contributed by atoms with Crippen LogP contribution in [0.4, 0.5) is 5.00 Å². The molecule has 0 fully saturated rings. The Morgan fingerprint density at radius 1 is 1.30 bits per heavy atom. The average Bonchev–Trinajstić information content (AvgIpc) is 3.03. The fourth-order valence-electron chi connectivity index (χ4n) is 3.19. The Hall–Kier alpha value is -2.05. The standard InChI is InChI=1S/C20H22ClNO4S/c1-3-15(26-13-8-6-7-12(21)11-13)18(23)22-19-17(20(24)25-2)14-9-4-5-10-16(14)27-19/h6-8,11,15H,3-5,9-10H2,1-2H3,(H,22,23)/t15-/m1/s1. The summed E-state index contributed by atoms with van der Waals surface area (Å²) in [5.74, 6) is -0.169. The van der Waals surface area contributed by atoms with Crippen LogP contribution in [-0.2, 0) is 22.4 Å². The van der Waals surface area contributed by atoms with Crippen LogP contribution in [0.2, 0.25) is 5.02 Å². The molecule has 1 aliphatic rings. The van der Waals surface area contributed by atoms with E-state index in [9.17, 15) is 9.59 Å². The van der Waals surface area contributed by atoms with E-state index in [0.717, 1.165) is 36.1 Å². The number of ether oxygens (including phenoxy) is 2. The highest BCUT2D eigenvalue weighted by Crippen LogP contribution is 2.38. The number of hydrogen-bond donors (Lipinski definition) is 1. The zero-order chi connectivity index (χ0) is 19.4. The molecule has 0 unspecified atom stereocenters. The van der Waals surface area contributed by atoms with Gasteiger partial charge in [-0.15, -0.1) is 11.3 Å². The van der Waals surface area contributed by atoms with Gasteiger partial charge in [-0.2, -0.15) is 0 Å². The minimum Gasteiger partial charge on any atom is -0.481 e. The summed E-state index contributed by atoms with van der Waals surface area (Å²) in [5, 5.41) is 3.98.